The molecule has 1 aliphatic carbocycles. The van der Waals surface area contributed by atoms with Crippen molar-refractivity contribution in [2.24, 2.45) is 0 Å². The second-order valence-corrected chi connectivity index (χ2v) is 12.5. The van der Waals surface area contributed by atoms with E-state index < -0.39 is 21.2 Å². The number of nitrogens with zero attached hydrogens (tertiary/aromatic N) is 3. The highest BCUT2D eigenvalue weighted by molar-refractivity contribution is 8.16. The number of rotatable bonds is 9. The van der Waals surface area contributed by atoms with Gasteiger partial charge in [-0.3, -0.25) is 0 Å². The van der Waals surface area contributed by atoms with Crippen molar-refractivity contribution in [3.63, 3.8) is 0 Å². The lowest BCUT2D eigenvalue weighted by molar-refractivity contribution is 0.221. The van der Waals surface area contributed by atoms with Gasteiger partial charge in [0.1, 0.15) is 17.3 Å². The van der Waals surface area contributed by atoms with Crippen molar-refractivity contribution < 1.29 is 49.1 Å². The molecule has 3 aromatic rings. The second-order valence-electron chi connectivity index (χ2n) is 8.49. The Bertz CT molecular complexity index is 1420. The maximum absolute atomic E-state index is 11.3. The minimum absolute atomic E-state index is 0.00592. The predicted octanol–water partition coefficient (Wildman–Crippen LogP) is 8.58. The fraction of sp³-hybridized carbons (Fsp3) is 0.240. The number of hydrogen-bond acceptors (Lipinski definition) is 13. The summed E-state index contributed by atoms with van der Waals surface area (Å²) in [5.74, 6) is 0.725. The molecule has 220 valence electrons. The first kappa shape index (κ1) is 31.3. The molecule has 0 bridgehead atoms. The minimum Gasteiger partial charge on any atom is -0.473 e. The first-order valence-corrected chi connectivity index (χ1v) is 15.3. The van der Waals surface area contributed by atoms with E-state index in [0.717, 1.165) is 32.1 Å². The molecule has 1 heterocycles. The number of carbonyl (C=O) groups is 4. The van der Waals surface area contributed by atoms with Gasteiger partial charge in [-0.2, -0.15) is 9.97 Å². The normalized spacial score (nSPS) is 13.3. The zero-order valence-corrected chi connectivity index (χ0v) is 24.6. The van der Waals surface area contributed by atoms with Crippen LogP contribution >= 0.6 is 47.0 Å². The molecular formula is C25H21N3O10S4. The van der Waals surface area contributed by atoms with Gasteiger partial charge < -0.3 is 29.9 Å². The summed E-state index contributed by atoms with van der Waals surface area (Å²) < 4.78 is 11.7. The summed E-state index contributed by atoms with van der Waals surface area (Å²) in [7, 11) is 0. The largest absolute Gasteiger partial charge is 0.473 e. The lowest BCUT2D eigenvalue weighted by Gasteiger charge is -2.20. The number of carboxylic acid groups (broad SMARTS) is 4. The second kappa shape index (κ2) is 14.5. The third-order valence-corrected chi connectivity index (χ3v) is 8.84. The lowest BCUT2D eigenvalue weighted by Crippen LogP contribution is -2.11. The van der Waals surface area contributed by atoms with Gasteiger partial charge in [0.25, 0.3) is 0 Å². The summed E-state index contributed by atoms with van der Waals surface area (Å²) in [5.41, 5.74) is 0. The molecule has 1 saturated carbocycles. The average molecular weight is 652 g/mol. The number of ether oxygens (including phenoxy) is 2. The van der Waals surface area contributed by atoms with Gasteiger partial charge in [0.2, 0.25) is 0 Å². The van der Waals surface area contributed by atoms with E-state index in [2.05, 4.69) is 15.0 Å². The van der Waals surface area contributed by atoms with Crippen LogP contribution < -0.4 is 9.47 Å². The lowest BCUT2D eigenvalue weighted by atomic mass is 9.89. The number of thioether (sulfide) groups is 4. The number of hydrogen-bond donors (Lipinski definition) is 4. The first-order valence-electron chi connectivity index (χ1n) is 12.1. The van der Waals surface area contributed by atoms with Gasteiger partial charge in [-0.15, -0.1) is 4.98 Å². The van der Waals surface area contributed by atoms with Crippen molar-refractivity contribution in [3.8, 4) is 23.5 Å². The molecule has 17 heteroatoms. The van der Waals surface area contributed by atoms with Gasteiger partial charge >= 0.3 is 33.2 Å². The van der Waals surface area contributed by atoms with Crippen molar-refractivity contribution in [2.45, 2.75) is 57.6 Å². The maximum Gasteiger partial charge on any atom is 0.369 e. The van der Waals surface area contributed by atoms with Crippen LogP contribution in [0.15, 0.2) is 56.0 Å². The molecule has 0 spiro atoms. The fourth-order valence-electron chi connectivity index (χ4n) is 4.01. The number of benzene rings is 2. The van der Waals surface area contributed by atoms with Crippen LogP contribution in [0.3, 0.4) is 0 Å². The minimum atomic E-state index is -1.23. The van der Waals surface area contributed by atoms with Crippen LogP contribution in [0.1, 0.15) is 43.8 Å². The standard InChI is InChI=1S/C25H21N3O10S4/c29-22(30)39-15-8-6-13(10-17(15)41-24(33)34)37-20-26-19(12-4-2-1-3-5-12)27-21(28-20)38-14-7-9-16(40-23(31)32)18(11-14)42-25(35)36/h6-12H,1-5H2,(H,29,30)(H,31,32)(H,33,34)(H,35,36). The Morgan fingerprint density at radius 2 is 1.00 bits per heavy atom. The van der Waals surface area contributed by atoms with Gasteiger partial charge in [-0.1, -0.05) is 19.3 Å². The van der Waals surface area contributed by atoms with Gasteiger partial charge in [0.15, 0.2) is 0 Å². The van der Waals surface area contributed by atoms with E-state index in [4.69, 9.17) is 19.7 Å². The summed E-state index contributed by atoms with van der Waals surface area (Å²) >= 11 is 1.77. The van der Waals surface area contributed by atoms with E-state index >= 15 is 0 Å². The Balaban J connectivity index is 1.68. The quantitative estimate of drug-likeness (QED) is 0.160. The van der Waals surface area contributed by atoms with E-state index in [9.17, 15) is 29.4 Å². The highest BCUT2D eigenvalue weighted by Gasteiger charge is 2.23. The molecule has 1 aliphatic rings. The molecule has 4 N–H and O–H groups in total. The highest BCUT2D eigenvalue weighted by Crippen LogP contribution is 2.38. The third-order valence-electron chi connectivity index (χ3n) is 5.62. The van der Waals surface area contributed by atoms with E-state index in [0.29, 0.717) is 52.9 Å². The zero-order chi connectivity index (χ0) is 30.2. The molecule has 0 unspecified atom stereocenters. The van der Waals surface area contributed by atoms with Gasteiger partial charge in [-0.25, -0.2) is 19.2 Å². The Hall–Kier alpha value is -3.67. The number of aromatic nitrogens is 3. The summed E-state index contributed by atoms with van der Waals surface area (Å²) in [6.45, 7) is 0. The van der Waals surface area contributed by atoms with Crippen LogP contribution in [0.2, 0.25) is 0 Å². The van der Waals surface area contributed by atoms with Crippen molar-refractivity contribution in [1.82, 2.24) is 15.0 Å². The first-order chi connectivity index (χ1) is 20.0. The molecule has 0 aliphatic heterocycles. The monoisotopic (exact) mass is 651 g/mol. The summed E-state index contributed by atoms with van der Waals surface area (Å²) in [6.07, 6.45) is 4.73. The molecule has 0 amide bonds. The summed E-state index contributed by atoms with van der Waals surface area (Å²) in [6, 6.07) is 8.17. The van der Waals surface area contributed by atoms with E-state index in [-0.39, 0.29) is 49.0 Å². The topological polar surface area (TPSA) is 206 Å². The van der Waals surface area contributed by atoms with Crippen molar-refractivity contribution in [1.29, 1.82) is 0 Å². The van der Waals surface area contributed by atoms with Crippen molar-refractivity contribution in [3.05, 3.63) is 42.2 Å². The van der Waals surface area contributed by atoms with Crippen LogP contribution in [0.25, 0.3) is 0 Å². The molecule has 0 saturated heterocycles. The van der Waals surface area contributed by atoms with E-state index in [1.54, 1.807) is 0 Å². The zero-order valence-electron chi connectivity index (χ0n) is 21.3. The van der Waals surface area contributed by atoms with Crippen LogP contribution in [0, 0.1) is 0 Å². The van der Waals surface area contributed by atoms with Crippen LogP contribution in [0.5, 0.6) is 23.5 Å². The van der Waals surface area contributed by atoms with Crippen molar-refractivity contribution >= 4 is 68.3 Å². The molecule has 1 fully saturated rings. The van der Waals surface area contributed by atoms with Crippen LogP contribution in [0.4, 0.5) is 19.2 Å². The van der Waals surface area contributed by atoms with E-state index in [1.165, 1.54) is 36.4 Å². The van der Waals surface area contributed by atoms with Gasteiger partial charge in [-0.05, 0) is 96.3 Å². The van der Waals surface area contributed by atoms with E-state index in [1.807, 2.05) is 0 Å². The molecule has 2 aromatic carbocycles. The Morgan fingerprint density at radius 3 is 1.40 bits per heavy atom. The molecule has 4 rings (SSSR count). The van der Waals surface area contributed by atoms with Crippen LogP contribution in [-0.4, -0.2) is 56.6 Å². The Labute approximate surface area is 254 Å². The smallest absolute Gasteiger partial charge is 0.369 e. The Morgan fingerprint density at radius 1 is 0.595 bits per heavy atom. The SMILES string of the molecule is O=C(O)Sc1ccc(Oc2nc(Oc3ccc(SC(=O)O)c(SC(=O)O)c3)nc(C3CCCCC3)n2)cc1SC(=O)O. The van der Waals surface area contributed by atoms with Gasteiger partial charge in [0, 0.05) is 25.5 Å². The molecule has 0 radical (unpaired) electrons. The summed E-state index contributed by atoms with van der Waals surface area (Å²) in [5, 5.41) is 31.9. The maximum atomic E-state index is 11.3. The predicted molar refractivity (Wildman–Crippen MR) is 154 cm³/mol. The van der Waals surface area contributed by atoms with Gasteiger partial charge in [0.05, 0.1) is 0 Å². The molecule has 13 nitrogen and oxygen atoms in total. The Kier molecular flexibility index (Phi) is 10.8. The van der Waals surface area contributed by atoms with Crippen LogP contribution in [-0.2, 0) is 0 Å². The van der Waals surface area contributed by atoms with Crippen molar-refractivity contribution in [2.75, 3.05) is 0 Å². The molecule has 0 atom stereocenters. The molecule has 1 aromatic heterocycles. The molecule has 42 heavy (non-hydrogen) atoms. The fourth-order valence-corrected chi connectivity index (χ4v) is 6.54. The third kappa shape index (κ3) is 9.17. The molecular weight excluding hydrogens is 631 g/mol. The highest BCUT2D eigenvalue weighted by atomic mass is 32.2. The average Bonchev–Trinajstić information content (AvgIpc) is 2.91. The summed E-state index contributed by atoms with van der Waals surface area (Å²) in [4.78, 5) is 58.9.